The molecule has 0 fully saturated rings. The molecule has 0 atom stereocenters. The Kier molecular flexibility index (Phi) is 6.66. The molecule has 0 saturated heterocycles. The van der Waals surface area contributed by atoms with E-state index in [4.69, 9.17) is 0 Å². The Morgan fingerprint density at radius 2 is 0.571 bits per heavy atom. The summed E-state index contributed by atoms with van der Waals surface area (Å²) in [4.78, 5) is 0. The third-order valence-corrected chi connectivity index (χ3v) is 11.9. The second-order valence-corrected chi connectivity index (χ2v) is 14.9. The molecule has 0 bridgehead atoms. The zero-order valence-corrected chi connectivity index (χ0v) is 30.5. The Morgan fingerprint density at radius 3 is 1.16 bits per heavy atom. The largest absolute Gasteiger partial charge is 0.309 e. The van der Waals surface area contributed by atoms with Crippen molar-refractivity contribution in [2.24, 2.45) is 0 Å². The van der Waals surface area contributed by atoms with Crippen LogP contribution in [-0.2, 0) is 0 Å². The molecule has 0 aliphatic heterocycles. The minimum atomic E-state index is 1.17. The monoisotopic (exact) mass is 710 g/mol. The first-order valence-electron chi connectivity index (χ1n) is 19.3. The number of para-hydroxylation sites is 4. The fourth-order valence-corrected chi connectivity index (χ4v) is 9.31. The van der Waals surface area contributed by atoms with Crippen LogP contribution in [0, 0.1) is 0 Å². The van der Waals surface area contributed by atoms with E-state index in [1.54, 1.807) is 0 Å². The first-order chi connectivity index (χ1) is 27.8. The molecular formula is C54H34N2. The number of rotatable bonds is 4. The van der Waals surface area contributed by atoms with Crippen molar-refractivity contribution in [2.45, 2.75) is 0 Å². The summed E-state index contributed by atoms with van der Waals surface area (Å²) in [6.07, 6.45) is 0. The van der Waals surface area contributed by atoms with Gasteiger partial charge >= 0.3 is 0 Å². The Labute approximate surface area is 323 Å². The first kappa shape index (κ1) is 31.0. The lowest BCUT2D eigenvalue weighted by atomic mass is 9.91. The van der Waals surface area contributed by atoms with E-state index >= 15 is 0 Å². The van der Waals surface area contributed by atoms with Crippen LogP contribution >= 0.6 is 0 Å². The fraction of sp³-hybridized carbons (Fsp3) is 0. The molecule has 2 heteroatoms. The molecule has 0 N–H and O–H groups in total. The van der Waals surface area contributed by atoms with Crippen LogP contribution in [0.15, 0.2) is 206 Å². The van der Waals surface area contributed by atoms with Gasteiger partial charge in [0.25, 0.3) is 0 Å². The fourth-order valence-electron chi connectivity index (χ4n) is 9.31. The maximum atomic E-state index is 2.43. The summed E-state index contributed by atoms with van der Waals surface area (Å²) in [5.74, 6) is 0. The van der Waals surface area contributed by atoms with Crippen molar-refractivity contribution in [2.75, 3.05) is 0 Å². The summed E-state index contributed by atoms with van der Waals surface area (Å²) in [5.41, 5.74) is 12.1. The normalized spacial score (nSPS) is 11.9. The highest BCUT2D eigenvalue weighted by Crippen LogP contribution is 2.42. The van der Waals surface area contributed by atoms with E-state index in [0.29, 0.717) is 0 Å². The average Bonchev–Trinajstić information content (AvgIpc) is 3.78. The van der Waals surface area contributed by atoms with E-state index in [2.05, 4.69) is 215 Å². The van der Waals surface area contributed by atoms with Gasteiger partial charge in [-0.2, -0.15) is 0 Å². The summed E-state index contributed by atoms with van der Waals surface area (Å²) >= 11 is 0. The number of nitrogens with zero attached hydrogens (tertiary/aromatic N) is 2. The van der Waals surface area contributed by atoms with Crippen LogP contribution in [0.2, 0.25) is 0 Å². The summed E-state index contributed by atoms with van der Waals surface area (Å²) in [7, 11) is 0. The van der Waals surface area contributed by atoms with Crippen molar-refractivity contribution in [3.8, 4) is 33.6 Å². The van der Waals surface area contributed by atoms with Crippen molar-refractivity contribution in [3.63, 3.8) is 0 Å². The molecular weight excluding hydrogens is 677 g/mol. The van der Waals surface area contributed by atoms with E-state index in [1.165, 1.54) is 110 Å². The van der Waals surface area contributed by atoms with Gasteiger partial charge in [-0.25, -0.2) is 0 Å². The van der Waals surface area contributed by atoms with Gasteiger partial charge in [0.2, 0.25) is 0 Å². The lowest BCUT2D eigenvalue weighted by Gasteiger charge is -2.14. The third-order valence-electron chi connectivity index (χ3n) is 11.9. The number of benzene rings is 10. The minimum absolute atomic E-state index is 1.17. The number of fused-ring (bicyclic) bond motifs is 12. The number of hydrogen-bond donors (Lipinski definition) is 0. The highest BCUT2D eigenvalue weighted by Gasteiger charge is 2.17. The Balaban J connectivity index is 0.999. The SMILES string of the molecule is c1ccc(-n2c3ccccc3c3ccc(-c4ccc(-c5ccc6c(c5)c5ccccc5c5cc7c(cc65)c5ccccc5n7-c5ccccc5)cc4)cc32)cc1. The molecule has 0 unspecified atom stereocenters. The topological polar surface area (TPSA) is 9.86 Å². The molecule has 2 heterocycles. The molecule has 2 nitrogen and oxygen atoms in total. The molecule has 260 valence electrons. The highest BCUT2D eigenvalue weighted by molar-refractivity contribution is 6.29. The molecule has 0 aliphatic carbocycles. The molecule has 56 heavy (non-hydrogen) atoms. The van der Waals surface area contributed by atoms with E-state index in [-0.39, 0.29) is 0 Å². The maximum Gasteiger partial charge on any atom is 0.0547 e. The van der Waals surface area contributed by atoms with E-state index in [9.17, 15) is 0 Å². The standard InChI is InChI=1S/C54H34N2/c1-3-13-39(14-4-1)55-51-21-11-9-19-44(51)46-30-28-38(32-53(46)55)36-25-23-35(24-26-36)37-27-29-43-47(31-37)41-17-7-8-18-42(41)49-34-54-50(33-48(43)49)45-20-10-12-22-52(45)56(54)40-15-5-2-6-16-40/h1-34H. The summed E-state index contributed by atoms with van der Waals surface area (Å²) in [5, 5.41) is 12.8. The lowest BCUT2D eigenvalue weighted by Crippen LogP contribution is -1.93. The van der Waals surface area contributed by atoms with Crippen LogP contribution in [0.4, 0.5) is 0 Å². The van der Waals surface area contributed by atoms with Crippen molar-refractivity contribution >= 4 is 75.9 Å². The van der Waals surface area contributed by atoms with Crippen molar-refractivity contribution in [1.29, 1.82) is 0 Å². The van der Waals surface area contributed by atoms with Crippen molar-refractivity contribution < 1.29 is 0 Å². The second kappa shape index (κ2) is 12.0. The van der Waals surface area contributed by atoms with Gasteiger partial charge in [0.1, 0.15) is 0 Å². The van der Waals surface area contributed by atoms with Crippen molar-refractivity contribution in [1.82, 2.24) is 9.13 Å². The van der Waals surface area contributed by atoms with Crippen LogP contribution in [0.25, 0.3) is 110 Å². The van der Waals surface area contributed by atoms with Gasteiger partial charge in [-0.3, -0.25) is 0 Å². The van der Waals surface area contributed by atoms with Crippen LogP contribution < -0.4 is 0 Å². The molecule has 0 spiro atoms. The summed E-state index contributed by atoms with van der Waals surface area (Å²) in [6.45, 7) is 0. The Bertz CT molecular complexity index is 3500. The average molecular weight is 711 g/mol. The van der Waals surface area contributed by atoms with Gasteiger partial charge in [-0.1, -0.05) is 146 Å². The van der Waals surface area contributed by atoms with Gasteiger partial charge in [-0.15, -0.1) is 0 Å². The van der Waals surface area contributed by atoms with Gasteiger partial charge < -0.3 is 9.13 Å². The van der Waals surface area contributed by atoms with Gasteiger partial charge in [-0.05, 0) is 115 Å². The number of hydrogen-bond acceptors (Lipinski definition) is 0. The molecule has 0 radical (unpaired) electrons. The predicted molar refractivity (Wildman–Crippen MR) is 239 cm³/mol. The maximum absolute atomic E-state index is 2.43. The smallest absolute Gasteiger partial charge is 0.0547 e. The molecule has 12 aromatic rings. The minimum Gasteiger partial charge on any atom is -0.309 e. The molecule has 2 aromatic heterocycles. The number of aromatic nitrogens is 2. The quantitative estimate of drug-likeness (QED) is 0.161. The van der Waals surface area contributed by atoms with E-state index < -0.39 is 0 Å². The van der Waals surface area contributed by atoms with Crippen LogP contribution in [0.5, 0.6) is 0 Å². The Morgan fingerprint density at radius 1 is 0.196 bits per heavy atom. The van der Waals surface area contributed by atoms with Crippen LogP contribution in [-0.4, -0.2) is 9.13 Å². The second-order valence-electron chi connectivity index (χ2n) is 14.9. The molecule has 0 amide bonds. The van der Waals surface area contributed by atoms with Gasteiger partial charge in [0.15, 0.2) is 0 Å². The molecule has 12 rings (SSSR count). The predicted octanol–water partition coefficient (Wildman–Crippen LogP) is 14.7. The highest BCUT2D eigenvalue weighted by atomic mass is 15.0. The third kappa shape index (κ3) is 4.57. The van der Waals surface area contributed by atoms with Crippen molar-refractivity contribution in [3.05, 3.63) is 206 Å². The molecule has 10 aromatic carbocycles. The summed E-state index contributed by atoms with van der Waals surface area (Å²) in [6, 6.07) is 75.7. The zero-order valence-electron chi connectivity index (χ0n) is 30.5. The first-order valence-corrected chi connectivity index (χ1v) is 19.3. The van der Waals surface area contributed by atoms with Gasteiger partial charge in [0, 0.05) is 32.9 Å². The Hall–Kier alpha value is -7.42. The molecule has 0 aliphatic rings. The molecule has 0 saturated carbocycles. The lowest BCUT2D eigenvalue weighted by molar-refractivity contribution is 1.18. The zero-order chi connectivity index (χ0) is 36.7. The van der Waals surface area contributed by atoms with E-state index in [0.717, 1.165) is 0 Å². The van der Waals surface area contributed by atoms with E-state index in [1.807, 2.05) is 0 Å². The van der Waals surface area contributed by atoms with Gasteiger partial charge in [0.05, 0.1) is 22.1 Å². The van der Waals surface area contributed by atoms with Crippen LogP contribution in [0.3, 0.4) is 0 Å². The van der Waals surface area contributed by atoms with Crippen LogP contribution in [0.1, 0.15) is 0 Å². The summed E-state index contributed by atoms with van der Waals surface area (Å²) < 4.78 is 4.80.